The van der Waals surface area contributed by atoms with Crippen molar-refractivity contribution in [2.75, 3.05) is 19.8 Å². The maximum atomic E-state index is 12.4. The molecule has 0 saturated carbocycles. The van der Waals surface area contributed by atoms with Crippen LogP contribution in [0.4, 0.5) is 0 Å². The van der Waals surface area contributed by atoms with Crippen LogP contribution in [0.3, 0.4) is 0 Å². The van der Waals surface area contributed by atoms with Gasteiger partial charge in [0.05, 0.1) is 17.9 Å². The number of thiophene rings is 1. The number of carbonyl (C=O) groups excluding carboxylic acids is 1. The van der Waals surface area contributed by atoms with Gasteiger partial charge in [-0.25, -0.2) is 0 Å². The average Bonchev–Trinajstić information content (AvgIpc) is 3.29. The van der Waals surface area contributed by atoms with Crippen LogP contribution >= 0.6 is 22.7 Å². The molecule has 1 aromatic carbocycles. The van der Waals surface area contributed by atoms with Gasteiger partial charge in [0.25, 0.3) is 5.91 Å². The summed E-state index contributed by atoms with van der Waals surface area (Å²) in [5, 5.41) is 1.98. The Morgan fingerprint density at radius 1 is 1.22 bits per heavy atom. The molecular weight excluding hydrogens is 380 g/mol. The molecule has 0 saturated heterocycles. The Morgan fingerprint density at radius 2 is 2.11 bits per heavy atom. The van der Waals surface area contributed by atoms with E-state index in [0.717, 1.165) is 20.8 Å². The summed E-state index contributed by atoms with van der Waals surface area (Å²) in [6.07, 6.45) is 3.30. The van der Waals surface area contributed by atoms with E-state index >= 15 is 0 Å². The fourth-order valence-corrected chi connectivity index (χ4v) is 4.33. The Morgan fingerprint density at radius 3 is 2.85 bits per heavy atom. The van der Waals surface area contributed by atoms with Crippen LogP contribution in [0.1, 0.15) is 18.7 Å². The van der Waals surface area contributed by atoms with Crippen LogP contribution < -0.4 is 9.54 Å². The first-order valence-corrected chi connectivity index (χ1v) is 10.6. The highest BCUT2D eigenvalue weighted by Gasteiger charge is 2.12. The standard InChI is InChI=1S/C20H22N2O3S2/c1-3-24-13-12-22-19-16(25-4-2)8-5-9-17(19)27-20(22)21-18(23)11-10-15-7-6-14-26-15/h5-11,14H,3-4,12-13H2,1-2H3. The van der Waals surface area contributed by atoms with E-state index in [2.05, 4.69) is 4.99 Å². The summed E-state index contributed by atoms with van der Waals surface area (Å²) in [5.74, 6) is 0.517. The lowest BCUT2D eigenvalue weighted by Crippen LogP contribution is -2.19. The summed E-state index contributed by atoms with van der Waals surface area (Å²) in [6, 6.07) is 9.83. The van der Waals surface area contributed by atoms with Gasteiger partial charge >= 0.3 is 0 Å². The number of ether oxygens (including phenoxy) is 2. The minimum absolute atomic E-state index is 0.280. The number of nitrogens with zero attached hydrogens (tertiary/aromatic N) is 2. The zero-order valence-corrected chi connectivity index (χ0v) is 17.0. The Kier molecular flexibility index (Phi) is 6.98. The smallest absolute Gasteiger partial charge is 0.272 e. The molecule has 5 nitrogen and oxygen atoms in total. The number of rotatable bonds is 8. The second-order valence-electron chi connectivity index (χ2n) is 5.57. The third kappa shape index (κ3) is 4.94. The van der Waals surface area contributed by atoms with Gasteiger partial charge in [-0.1, -0.05) is 23.5 Å². The topological polar surface area (TPSA) is 52.8 Å². The van der Waals surface area contributed by atoms with Crippen LogP contribution in [-0.4, -0.2) is 30.3 Å². The lowest BCUT2D eigenvalue weighted by molar-refractivity contribution is -0.113. The fraction of sp³-hybridized carbons (Fsp3) is 0.300. The van der Waals surface area contributed by atoms with Crippen LogP contribution in [0.15, 0.2) is 46.8 Å². The summed E-state index contributed by atoms with van der Waals surface area (Å²) >= 11 is 3.07. The van der Waals surface area contributed by atoms with E-state index in [1.807, 2.05) is 54.1 Å². The van der Waals surface area contributed by atoms with Crippen LogP contribution in [0.25, 0.3) is 16.3 Å². The largest absolute Gasteiger partial charge is 0.492 e. The molecule has 1 amide bonds. The summed E-state index contributed by atoms with van der Waals surface area (Å²) in [4.78, 5) is 18.4. The van der Waals surface area contributed by atoms with Crippen LogP contribution in [-0.2, 0) is 16.1 Å². The molecule has 0 bridgehead atoms. The molecule has 0 radical (unpaired) electrons. The summed E-state index contributed by atoms with van der Waals surface area (Å²) in [6.45, 7) is 6.31. The molecule has 2 heterocycles. The Hall–Kier alpha value is -2.22. The molecule has 3 rings (SSSR count). The molecule has 0 aliphatic carbocycles. The molecule has 0 N–H and O–H groups in total. The van der Waals surface area contributed by atoms with Gasteiger partial charge in [0, 0.05) is 24.1 Å². The van der Waals surface area contributed by atoms with E-state index in [0.29, 0.717) is 31.2 Å². The molecule has 2 aromatic heterocycles. The number of carbonyl (C=O) groups is 1. The van der Waals surface area contributed by atoms with E-state index < -0.39 is 0 Å². The zero-order chi connectivity index (χ0) is 19.1. The van der Waals surface area contributed by atoms with Crippen molar-refractivity contribution in [1.82, 2.24) is 4.57 Å². The molecule has 0 fully saturated rings. The van der Waals surface area contributed by atoms with Crippen molar-refractivity contribution < 1.29 is 14.3 Å². The Balaban J connectivity index is 2.00. The van der Waals surface area contributed by atoms with Crippen molar-refractivity contribution in [2.45, 2.75) is 20.4 Å². The van der Waals surface area contributed by atoms with Crippen molar-refractivity contribution in [3.05, 3.63) is 51.5 Å². The quantitative estimate of drug-likeness (QED) is 0.416. The van der Waals surface area contributed by atoms with Crippen LogP contribution in [0, 0.1) is 0 Å². The second-order valence-corrected chi connectivity index (χ2v) is 7.56. The molecule has 0 aliphatic heterocycles. The first-order chi connectivity index (χ1) is 13.2. The van der Waals surface area contributed by atoms with Gasteiger partial charge in [-0.15, -0.1) is 11.3 Å². The highest BCUT2D eigenvalue weighted by atomic mass is 32.1. The highest BCUT2D eigenvalue weighted by molar-refractivity contribution is 7.16. The predicted octanol–water partition coefficient (Wildman–Crippen LogP) is 4.34. The van der Waals surface area contributed by atoms with Crippen molar-refractivity contribution in [1.29, 1.82) is 0 Å². The number of aromatic nitrogens is 1. The van der Waals surface area contributed by atoms with E-state index in [1.165, 1.54) is 17.4 Å². The second kappa shape index (κ2) is 9.64. The Bertz CT molecular complexity index is 984. The van der Waals surface area contributed by atoms with Crippen molar-refractivity contribution >= 4 is 44.9 Å². The maximum Gasteiger partial charge on any atom is 0.272 e. The van der Waals surface area contributed by atoms with Gasteiger partial charge in [0.2, 0.25) is 0 Å². The van der Waals surface area contributed by atoms with Gasteiger partial charge < -0.3 is 14.0 Å². The van der Waals surface area contributed by atoms with Crippen molar-refractivity contribution in [2.24, 2.45) is 4.99 Å². The van der Waals surface area contributed by atoms with Gasteiger partial charge in [-0.2, -0.15) is 4.99 Å². The number of benzene rings is 1. The number of fused-ring (bicyclic) bond motifs is 1. The predicted molar refractivity (Wildman–Crippen MR) is 111 cm³/mol. The number of hydrogen-bond donors (Lipinski definition) is 0. The zero-order valence-electron chi connectivity index (χ0n) is 15.4. The minimum atomic E-state index is -0.280. The first-order valence-electron chi connectivity index (χ1n) is 8.86. The molecule has 142 valence electrons. The fourth-order valence-electron chi connectivity index (χ4n) is 2.63. The van der Waals surface area contributed by atoms with Gasteiger partial charge in [-0.05, 0) is 43.5 Å². The molecule has 7 heteroatoms. The van der Waals surface area contributed by atoms with E-state index in [1.54, 1.807) is 17.4 Å². The van der Waals surface area contributed by atoms with Gasteiger partial charge in [0.1, 0.15) is 11.3 Å². The normalized spacial score (nSPS) is 12.3. The summed E-state index contributed by atoms with van der Waals surface area (Å²) < 4.78 is 14.3. The maximum absolute atomic E-state index is 12.4. The van der Waals surface area contributed by atoms with Crippen molar-refractivity contribution in [3.8, 4) is 5.75 Å². The number of para-hydroxylation sites is 1. The van der Waals surface area contributed by atoms with E-state index in [-0.39, 0.29) is 5.91 Å². The number of hydrogen-bond acceptors (Lipinski definition) is 5. The monoisotopic (exact) mass is 402 g/mol. The molecule has 0 unspecified atom stereocenters. The van der Waals surface area contributed by atoms with Crippen LogP contribution in [0.5, 0.6) is 5.75 Å². The summed E-state index contributed by atoms with van der Waals surface area (Å²) in [7, 11) is 0. The van der Waals surface area contributed by atoms with Crippen molar-refractivity contribution in [3.63, 3.8) is 0 Å². The Labute approximate surface area is 166 Å². The van der Waals surface area contributed by atoms with E-state index in [9.17, 15) is 4.79 Å². The number of amides is 1. The average molecular weight is 403 g/mol. The molecule has 0 spiro atoms. The summed E-state index contributed by atoms with van der Waals surface area (Å²) in [5.41, 5.74) is 0.956. The number of thiazole rings is 1. The third-order valence-electron chi connectivity index (χ3n) is 3.77. The molecule has 27 heavy (non-hydrogen) atoms. The third-order valence-corrected chi connectivity index (χ3v) is 5.65. The molecule has 0 atom stereocenters. The van der Waals surface area contributed by atoms with Gasteiger partial charge in [-0.3, -0.25) is 4.79 Å². The SMILES string of the molecule is CCOCCn1c(=NC(=O)C=Cc2cccs2)sc2cccc(OCC)c21. The van der Waals surface area contributed by atoms with Gasteiger partial charge in [0.15, 0.2) is 4.80 Å². The van der Waals surface area contributed by atoms with E-state index in [4.69, 9.17) is 9.47 Å². The highest BCUT2D eigenvalue weighted by Crippen LogP contribution is 2.27. The lowest BCUT2D eigenvalue weighted by atomic mass is 10.3. The molecule has 0 aliphatic rings. The first kappa shape index (κ1) is 19.5. The lowest BCUT2D eigenvalue weighted by Gasteiger charge is -2.09. The van der Waals surface area contributed by atoms with Crippen LogP contribution in [0.2, 0.25) is 0 Å². The minimum Gasteiger partial charge on any atom is -0.492 e. The molecular formula is C20H22N2O3S2. The molecule has 3 aromatic rings.